The number of nitrogens with zero attached hydrogens (tertiary/aromatic N) is 1. The van der Waals surface area contributed by atoms with Gasteiger partial charge in [-0.15, -0.1) is 0 Å². The summed E-state index contributed by atoms with van der Waals surface area (Å²) in [5.74, 6) is 0.932. The molecule has 1 aromatic carbocycles. The smallest absolute Gasteiger partial charge is 0.142 e. The third-order valence-electron chi connectivity index (χ3n) is 3.62. The van der Waals surface area contributed by atoms with E-state index in [-0.39, 0.29) is 6.10 Å². The van der Waals surface area contributed by atoms with Gasteiger partial charge in [0, 0.05) is 26.2 Å². The molecule has 1 atom stereocenters. The summed E-state index contributed by atoms with van der Waals surface area (Å²) in [5.41, 5.74) is 7.12. The molecule has 1 aliphatic heterocycles. The molecule has 0 aliphatic carbocycles. The van der Waals surface area contributed by atoms with E-state index in [4.69, 9.17) is 15.2 Å². The van der Waals surface area contributed by atoms with Gasteiger partial charge in [0.15, 0.2) is 0 Å². The lowest BCUT2D eigenvalue weighted by Gasteiger charge is -2.33. The molecule has 1 saturated heterocycles. The van der Waals surface area contributed by atoms with Gasteiger partial charge < -0.3 is 20.1 Å². The molecule has 4 nitrogen and oxygen atoms in total. The van der Waals surface area contributed by atoms with Crippen LogP contribution in [0.1, 0.15) is 19.8 Å². The van der Waals surface area contributed by atoms with Crippen molar-refractivity contribution in [3.63, 3.8) is 0 Å². The summed E-state index contributed by atoms with van der Waals surface area (Å²) in [5, 5.41) is 0. The predicted octanol–water partition coefficient (Wildman–Crippen LogP) is 2.03. The van der Waals surface area contributed by atoms with Crippen molar-refractivity contribution < 1.29 is 9.47 Å². The number of rotatable bonds is 5. The van der Waals surface area contributed by atoms with E-state index in [2.05, 4.69) is 17.0 Å². The second kappa shape index (κ2) is 6.78. The van der Waals surface area contributed by atoms with Gasteiger partial charge in [0.05, 0.1) is 11.8 Å². The van der Waals surface area contributed by atoms with E-state index in [1.54, 1.807) is 7.11 Å². The van der Waals surface area contributed by atoms with Gasteiger partial charge in [0.1, 0.15) is 12.4 Å². The highest BCUT2D eigenvalue weighted by Crippen LogP contribution is 2.30. The lowest BCUT2D eigenvalue weighted by atomic mass is 10.1. The maximum absolute atomic E-state index is 5.96. The largest absolute Gasteiger partial charge is 0.489 e. The van der Waals surface area contributed by atoms with Crippen LogP contribution in [0.2, 0.25) is 0 Å². The molecule has 1 heterocycles. The van der Waals surface area contributed by atoms with Crippen LogP contribution < -0.4 is 15.4 Å². The fraction of sp³-hybridized carbons (Fsp3) is 0.600. The summed E-state index contributed by atoms with van der Waals surface area (Å²) in [6.45, 7) is 4.58. The minimum atomic E-state index is 0.0998. The SMILES string of the molecule is COC(C)COc1ccccc1N1CCC(N)CC1. The van der Waals surface area contributed by atoms with E-state index < -0.39 is 0 Å². The molecule has 1 fully saturated rings. The maximum atomic E-state index is 5.96. The molecule has 0 bridgehead atoms. The van der Waals surface area contributed by atoms with Crippen molar-refractivity contribution in [2.45, 2.75) is 31.9 Å². The Balaban J connectivity index is 2.03. The topological polar surface area (TPSA) is 47.7 Å². The molecule has 2 rings (SSSR count). The molecule has 0 saturated carbocycles. The van der Waals surface area contributed by atoms with Gasteiger partial charge in [0.25, 0.3) is 0 Å². The van der Waals surface area contributed by atoms with E-state index in [1.807, 2.05) is 19.1 Å². The van der Waals surface area contributed by atoms with Gasteiger partial charge in [-0.25, -0.2) is 0 Å². The summed E-state index contributed by atoms with van der Waals surface area (Å²) in [4.78, 5) is 2.36. The highest BCUT2D eigenvalue weighted by Gasteiger charge is 2.19. The Morgan fingerprint density at radius 1 is 1.32 bits per heavy atom. The molecular weight excluding hydrogens is 240 g/mol. The lowest BCUT2D eigenvalue weighted by Crippen LogP contribution is -2.39. The number of benzene rings is 1. The van der Waals surface area contributed by atoms with Gasteiger partial charge in [-0.05, 0) is 31.9 Å². The summed E-state index contributed by atoms with van der Waals surface area (Å²) in [6, 6.07) is 8.54. The van der Waals surface area contributed by atoms with Crippen LogP contribution in [0.15, 0.2) is 24.3 Å². The third-order valence-corrected chi connectivity index (χ3v) is 3.62. The monoisotopic (exact) mass is 264 g/mol. The van der Waals surface area contributed by atoms with Crippen molar-refractivity contribution in [1.82, 2.24) is 0 Å². The third kappa shape index (κ3) is 3.85. The minimum absolute atomic E-state index is 0.0998. The Labute approximate surface area is 115 Å². The number of piperidine rings is 1. The highest BCUT2D eigenvalue weighted by atomic mass is 16.5. The molecule has 1 aromatic rings. The first kappa shape index (κ1) is 14.2. The van der Waals surface area contributed by atoms with Gasteiger partial charge >= 0.3 is 0 Å². The first-order chi connectivity index (χ1) is 9.20. The zero-order chi connectivity index (χ0) is 13.7. The summed E-state index contributed by atoms with van der Waals surface area (Å²) < 4.78 is 11.1. The first-order valence-electron chi connectivity index (χ1n) is 6.96. The molecule has 0 radical (unpaired) electrons. The fourth-order valence-electron chi connectivity index (χ4n) is 2.26. The molecule has 0 aromatic heterocycles. The van der Waals surface area contributed by atoms with Crippen LogP contribution >= 0.6 is 0 Å². The molecule has 0 amide bonds. The van der Waals surface area contributed by atoms with E-state index >= 15 is 0 Å². The van der Waals surface area contributed by atoms with Crippen molar-refractivity contribution in [2.24, 2.45) is 5.73 Å². The second-order valence-electron chi connectivity index (χ2n) is 5.15. The molecule has 0 spiro atoms. The Hall–Kier alpha value is -1.26. The minimum Gasteiger partial charge on any atom is -0.489 e. The Morgan fingerprint density at radius 3 is 2.68 bits per heavy atom. The van der Waals surface area contributed by atoms with Crippen molar-refractivity contribution in [2.75, 3.05) is 31.7 Å². The standard InChI is InChI=1S/C15H24N2O2/c1-12(18-2)11-19-15-6-4-3-5-14(15)17-9-7-13(16)8-10-17/h3-6,12-13H,7-11,16H2,1-2H3. The number of methoxy groups -OCH3 is 1. The zero-order valence-corrected chi connectivity index (χ0v) is 11.8. The number of anilines is 1. The molecule has 1 unspecified atom stereocenters. The first-order valence-corrected chi connectivity index (χ1v) is 6.96. The van der Waals surface area contributed by atoms with Gasteiger partial charge in [0.2, 0.25) is 0 Å². The average molecular weight is 264 g/mol. The normalized spacial score (nSPS) is 18.4. The molecular formula is C15H24N2O2. The number of para-hydroxylation sites is 2. The van der Waals surface area contributed by atoms with Gasteiger partial charge in [-0.1, -0.05) is 12.1 Å². The fourth-order valence-corrected chi connectivity index (χ4v) is 2.26. The van der Waals surface area contributed by atoms with Crippen LogP contribution in [-0.2, 0) is 4.74 Å². The van der Waals surface area contributed by atoms with Crippen molar-refractivity contribution in [3.05, 3.63) is 24.3 Å². The van der Waals surface area contributed by atoms with Crippen LogP contribution in [0, 0.1) is 0 Å². The van der Waals surface area contributed by atoms with Gasteiger partial charge in [-0.2, -0.15) is 0 Å². The lowest BCUT2D eigenvalue weighted by molar-refractivity contribution is 0.0718. The molecule has 1 aliphatic rings. The molecule has 19 heavy (non-hydrogen) atoms. The summed E-state index contributed by atoms with van der Waals surface area (Å²) in [6.07, 6.45) is 2.19. The molecule has 2 N–H and O–H groups in total. The van der Waals surface area contributed by atoms with Gasteiger partial charge in [-0.3, -0.25) is 0 Å². The number of hydrogen-bond acceptors (Lipinski definition) is 4. The maximum Gasteiger partial charge on any atom is 0.142 e. The van der Waals surface area contributed by atoms with Crippen molar-refractivity contribution in [1.29, 1.82) is 0 Å². The van der Waals surface area contributed by atoms with Crippen molar-refractivity contribution in [3.8, 4) is 5.75 Å². The Morgan fingerprint density at radius 2 is 2.00 bits per heavy atom. The van der Waals surface area contributed by atoms with Crippen LogP contribution in [-0.4, -0.2) is 39.0 Å². The molecule has 106 valence electrons. The average Bonchev–Trinajstić information content (AvgIpc) is 2.46. The molecule has 4 heteroatoms. The van der Waals surface area contributed by atoms with Crippen LogP contribution in [0.3, 0.4) is 0 Å². The number of ether oxygens (including phenoxy) is 2. The Kier molecular flexibility index (Phi) is 5.05. The van der Waals surface area contributed by atoms with E-state index in [0.717, 1.165) is 37.4 Å². The van der Waals surface area contributed by atoms with Crippen LogP contribution in [0.25, 0.3) is 0 Å². The highest BCUT2D eigenvalue weighted by molar-refractivity contribution is 5.58. The Bertz CT molecular complexity index is 389. The summed E-state index contributed by atoms with van der Waals surface area (Å²) in [7, 11) is 1.70. The van der Waals surface area contributed by atoms with Crippen LogP contribution in [0.5, 0.6) is 5.75 Å². The number of nitrogens with two attached hydrogens (primary N) is 1. The second-order valence-corrected chi connectivity index (χ2v) is 5.15. The quantitative estimate of drug-likeness (QED) is 0.884. The van der Waals surface area contributed by atoms with Crippen LogP contribution in [0.4, 0.5) is 5.69 Å². The number of hydrogen-bond donors (Lipinski definition) is 1. The van der Waals surface area contributed by atoms with E-state index in [0.29, 0.717) is 12.6 Å². The van der Waals surface area contributed by atoms with E-state index in [1.165, 1.54) is 0 Å². The zero-order valence-electron chi connectivity index (χ0n) is 11.8. The van der Waals surface area contributed by atoms with E-state index in [9.17, 15) is 0 Å². The summed E-state index contributed by atoms with van der Waals surface area (Å²) >= 11 is 0. The van der Waals surface area contributed by atoms with Crippen molar-refractivity contribution >= 4 is 5.69 Å². The predicted molar refractivity (Wildman–Crippen MR) is 77.8 cm³/mol.